The summed E-state index contributed by atoms with van der Waals surface area (Å²) in [4.78, 5) is 3.34. The molecule has 5 heteroatoms. The summed E-state index contributed by atoms with van der Waals surface area (Å²) in [5, 5.41) is 17.5. The molecule has 12 heavy (non-hydrogen) atoms. The minimum atomic E-state index is -2.68. The van der Waals surface area contributed by atoms with Crippen molar-refractivity contribution in [3.05, 3.63) is 23.5 Å². The van der Waals surface area contributed by atoms with E-state index in [1.165, 1.54) is 0 Å². The molecular formula is C7H7F2NO2. The molecule has 0 spiro atoms. The lowest BCUT2D eigenvalue weighted by atomic mass is 10.3. The van der Waals surface area contributed by atoms with Crippen LogP contribution in [0, 0.1) is 0 Å². The second kappa shape index (κ2) is 3.44. The first-order valence-corrected chi connectivity index (χ1v) is 3.23. The lowest BCUT2D eigenvalue weighted by Crippen LogP contribution is -1.95. The Balaban J connectivity index is 3.05. The third kappa shape index (κ3) is 1.68. The summed E-state index contributed by atoms with van der Waals surface area (Å²) >= 11 is 0. The van der Waals surface area contributed by atoms with Crippen molar-refractivity contribution < 1.29 is 19.0 Å². The van der Waals surface area contributed by atoms with Crippen molar-refractivity contribution in [2.24, 2.45) is 0 Å². The van der Waals surface area contributed by atoms with E-state index in [0.717, 1.165) is 12.1 Å². The van der Waals surface area contributed by atoms with Crippen LogP contribution < -0.4 is 0 Å². The molecule has 1 aromatic rings. The van der Waals surface area contributed by atoms with Crippen molar-refractivity contribution in [3.63, 3.8) is 0 Å². The van der Waals surface area contributed by atoms with Gasteiger partial charge in [0.1, 0.15) is 17.1 Å². The van der Waals surface area contributed by atoms with Crippen molar-refractivity contribution in [1.82, 2.24) is 4.98 Å². The zero-order valence-corrected chi connectivity index (χ0v) is 6.04. The number of hydrogen-bond acceptors (Lipinski definition) is 3. The van der Waals surface area contributed by atoms with E-state index in [2.05, 4.69) is 4.98 Å². The number of aliphatic hydroxyl groups excluding tert-OH is 1. The van der Waals surface area contributed by atoms with Crippen LogP contribution in [0.25, 0.3) is 0 Å². The molecule has 0 amide bonds. The molecular weight excluding hydrogens is 168 g/mol. The summed E-state index contributed by atoms with van der Waals surface area (Å²) in [5.74, 6) is -0.276. The van der Waals surface area contributed by atoms with Crippen LogP contribution in [-0.4, -0.2) is 15.2 Å². The third-order valence-corrected chi connectivity index (χ3v) is 1.35. The number of pyridine rings is 1. The summed E-state index contributed by atoms with van der Waals surface area (Å²) in [5.41, 5.74) is -0.579. The van der Waals surface area contributed by atoms with Gasteiger partial charge < -0.3 is 10.2 Å². The quantitative estimate of drug-likeness (QED) is 0.710. The second-order valence-corrected chi connectivity index (χ2v) is 2.16. The standard InChI is InChI=1S/C7H7F2NO2/c8-7(9)4-1-2-6(12)5(3-11)10-4/h1-2,7,11-12H,3H2. The molecule has 1 aromatic heterocycles. The first-order valence-electron chi connectivity index (χ1n) is 3.23. The van der Waals surface area contributed by atoms with Crippen LogP contribution in [-0.2, 0) is 6.61 Å². The Bertz CT molecular complexity index is 278. The smallest absolute Gasteiger partial charge is 0.280 e. The normalized spacial score (nSPS) is 10.7. The van der Waals surface area contributed by atoms with E-state index < -0.39 is 18.7 Å². The number of nitrogens with zero attached hydrogens (tertiary/aromatic N) is 1. The summed E-state index contributed by atoms with van der Waals surface area (Å²) in [6.45, 7) is -0.549. The molecule has 0 saturated heterocycles. The van der Waals surface area contributed by atoms with Crippen LogP contribution >= 0.6 is 0 Å². The van der Waals surface area contributed by atoms with Crippen molar-refractivity contribution >= 4 is 0 Å². The van der Waals surface area contributed by atoms with Crippen LogP contribution in [0.3, 0.4) is 0 Å². The predicted molar refractivity (Wildman–Crippen MR) is 36.8 cm³/mol. The number of rotatable bonds is 2. The van der Waals surface area contributed by atoms with Crippen LogP contribution in [0.4, 0.5) is 8.78 Å². The highest BCUT2D eigenvalue weighted by molar-refractivity contribution is 5.27. The monoisotopic (exact) mass is 175 g/mol. The first-order chi connectivity index (χ1) is 5.65. The molecule has 0 aliphatic rings. The molecule has 0 aliphatic heterocycles. The number of aromatic nitrogens is 1. The highest BCUT2D eigenvalue weighted by Crippen LogP contribution is 2.21. The lowest BCUT2D eigenvalue weighted by Gasteiger charge is -2.02. The van der Waals surface area contributed by atoms with Gasteiger partial charge in [-0.05, 0) is 12.1 Å². The number of hydrogen-bond donors (Lipinski definition) is 2. The van der Waals surface area contributed by atoms with E-state index in [-0.39, 0.29) is 11.4 Å². The molecule has 0 bridgehead atoms. The average Bonchev–Trinajstić information content (AvgIpc) is 2.05. The number of halogens is 2. The molecule has 3 nitrogen and oxygen atoms in total. The minimum Gasteiger partial charge on any atom is -0.506 e. The van der Waals surface area contributed by atoms with E-state index in [0.29, 0.717) is 0 Å². The molecule has 66 valence electrons. The molecule has 0 unspecified atom stereocenters. The second-order valence-electron chi connectivity index (χ2n) is 2.16. The molecule has 1 rings (SSSR count). The largest absolute Gasteiger partial charge is 0.506 e. The zero-order valence-electron chi connectivity index (χ0n) is 6.04. The molecule has 0 fully saturated rings. The van der Waals surface area contributed by atoms with Gasteiger partial charge >= 0.3 is 0 Å². The molecule has 0 saturated carbocycles. The zero-order chi connectivity index (χ0) is 9.14. The lowest BCUT2D eigenvalue weighted by molar-refractivity contribution is 0.145. The van der Waals surface area contributed by atoms with Crippen LogP contribution in [0.5, 0.6) is 5.75 Å². The Kier molecular flexibility index (Phi) is 2.54. The fourth-order valence-electron chi connectivity index (χ4n) is 0.749. The molecule has 2 N–H and O–H groups in total. The fraction of sp³-hybridized carbons (Fsp3) is 0.286. The Labute approximate surface area is 67.3 Å². The summed E-state index contributed by atoms with van der Waals surface area (Å²) in [6.07, 6.45) is -2.68. The van der Waals surface area contributed by atoms with Crippen molar-refractivity contribution in [1.29, 1.82) is 0 Å². The Morgan fingerprint density at radius 1 is 1.42 bits per heavy atom. The van der Waals surface area contributed by atoms with Gasteiger partial charge in [-0.2, -0.15) is 0 Å². The number of aromatic hydroxyl groups is 1. The SMILES string of the molecule is OCc1nc(C(F)F)ccc1O. The van der Waals surface area contributed by atoms with Gasteiger partial charge in [-0.1, -0.05) is 0 Å². The van der Waals surface area contributed by atoms with E-state index in [1.54, 1.807) is 0 Å². The maximum Gasteiger partial charge on any atom is 0.280 e. The van der Waals surface area contributed by atoms with E-state index >= 15 is 0 Å². The van der Waals surface area contributed by atoms with Gasteiger partial charge in [0.25, 0.3) is 6.43 Å². The maximum atomic E-state index is 12.0. The highest BCUT2D eigenvalue weighted by Gasteiger charge is 2.11. The topological polar surface area (TPSA) is 53.4 Å². The average molecular weight is 175 g/mol. The van der Waals surface area contributed by atoms with Crippen molar-refractivity contribution in [2.45, 2.75) is 13.0 Å². The van der Waals surface area contributed by atoms with Crippen LogP contribution in [0.2, 0.25) is 0 Å². The van der Waals surface area contributed by atoms with Gasteiger partial charge in [0.15, 0.2) is 0 Å². The molecule has 0 aromatic carbocycles. The Morgan fingerprint density at radius 3 is 2.58 bits per heavy atom. The number of alkyl halides is 2. The Morgan fingerprint density at radius 2 is 2.08 bits per heavy atom. The van der Waals surface area contributed by atoms with Gasteiger partial charge in [-0.25, -0.2) is 13.8 Å². The predicted octanol–water partition coefficient (Wildman–Crippen LogP) is 1.22. The van der Waals surface area contributed by atoms with Crippen molar-refractivity contribution in [2.75, 3.05) is 0 Å². The highest BCUT2D eigenvalue weighted by atomic mass is 19.3. The number of aliphatic hydroxyl groups is 1. The van der Waals surface area contributed by atoms with Gasteiger partial charge in [0.2, 0.25) is 0 Å². The molecule has 1 heterocycles. The molecule has 0 atom stereocenters. The van der Waals surface area contributed by atoms with Gasteiger partial charge in [0.05, 0.1) is 6.61 Å². The van der Waals surface area contributed by atoms with Crippen LogP contribution in [0.1, 0.15) is 17.8 Å². The first kappa shape index (κ1) is 8.86. The maximum absolute atomic E-state index is 12.0. The van der Waals surface area contributed by atoms with E-state index in [4.69, 9.17) is 10.2 Å². The van der Waals surface area contributed by atoms with Crippen LogP contribution in [0.15, 0.2) is 12.1 Å². The molecule has 0 radical (unpaired) electrons. The third-order valence-electron chi connectivity index (χ3n) is 1.35. The summed E-state index contributed by atoms with van der Waals surface area (Å²) in [7, 11) is 0. The van der Waals surface area contributed by atoms with Gasteiger partial charge in [-0.3, -0.25) is 0 Å². The summed E-state index contributed by atoms with van der Waals surface area (Å²) < 4.78 is 24.0. The van der Waals surface area contributed by atoms with E-state index in [1.807, 2.05) is 0 Å². The van der Waals surface area contributed by atoms with E-state index in [9.17, 15) is 8.78 Å². The van der Waals surface area contributed by atoms with Crippen molar-refractivity contribution in [3.8, 4) is 5.75 Å². The fourth-order valence-corrected chi connectivity index (χ4v) is 0.749. The van der Waals surface area contributed by atoms with Gasteiger partial charge in [-0.15, -0.1) is 0 Å². The molecule has 0 aliphatic carbocycles. The summed E-state index contributed by atoms with van der Waals surface area (Å²) in [6, 6.07) is 2.10. The van der Waals surface area contributed by atoms with Gasteiger partial charge in [0, 0.05) is 0 Å². The Hall–Kier alpha value is -1.23. The minimum absolute atomic E-state index is 0.132.